The topological polar surface area (TPSA) is 123 Å². The van der Waals surface area contributed by atoms with E-state index in [0.717, 1.165) is 37.0 Å². The maximum absolute atomic E-state index is 11.4. The van der Waals surface area contributed by atoms with Crippen LogP contribution in [0.15, 0.2) is 22.1 Å². The van der Waals surface area contributed by atoms with Crippen LogP contribution in [-0.4, -0.2) is 41.8 Å². The third kappa shape index (κ3) is 3.20. The van der Waals surface area contributed by atoms with Crippen molar-refractivity contribution >= 4 is 17.5 Å². The lowest BCUT2D eigenvalue weighted by molar-refractivity contribution is 0.454. The molecule has 0 amide bonds. The predicted molar refractivity (Wildman–Crippen MR) is 99.3 cm³/mol. The van der Waals surface area contributed by atoms with Crippen molar-refractivity contribution in [2.24, 2.45) is 4.99 Å². The fourth-order valence-corrected chi connectivity index (χ4v) is 3.55. The molecule has 3 aromatic rings. The summed E-state index contributed by atoms with van der Waals surface area (Å²) in [6.45, 7) is 0. The lowest BCUT2D eigenvalue weighted by atomic mass is 10.2. The SMILES string of the molecule is O=c1[nH]c(O)c(C=c2cnn3c(=NC4CC4)cc(NC4CCCC4)nc23)[nH]1. The maximum Gasteiger partial charge on any atom is 0.326 e. The Bertz CT molecular complexity index is 1160. The summed E-state index contributed by atoms with van der Waals surface area (Å²) in [5.41, 5.74) is 1.25. The van der Waals surface area contributed by atoms with Crippen molar-refractivity contribution in [3.8, 4) is 5.88 Å². The number of aromatic amines is 2. The Labute approximate surface area is 153 Å². The molecule has 0 aliphatic heterocycles. The zero-order valence-electron chi connectivity index (χ0n) is 14.8. The van der Waals surface area contributed by atoms with Gasteiger partial charge in [-0.05, 0) is 31.8 Å². The molecule has 0 radical (unpaired) electrons. The molecule has 2 fully saturated rings. The van der Waals surface area contributed by atoms with Crippen LogP contribution >= 0.6 is 0 Å². The molecule has 3 aromatic heterocycles. The Morgan fingerprint density at radius 2 is 2.07 bits per heavy atom. The first-order chi connectivity index (χ1) is 13.2. The average molecular weight is 367 g/mol. The molecule has 0 saturated heterocycles. The summed E-state index contributed by atoms with van der Waals surface area (Å²) < 4.78 is 1.71. The number of hydrogen-bond acceptors (Lipinski definition) is 6. The van der Waals surface area contributed by atoms with E-state index in [1.807, 2.05) is 6.07 Å². The summed E-state index contributed by atoms with van der Waals surface area (Å²) in [4.78, 5) is 25.7. The van der Waals surface area contributed by atoms with Crippen LogP contribution in [0.1, 0.15) is 44.2 Å². The fraction of sp³-hybridized carbons (Fsp3) is 0.444. The summed E-state index contributed by atoms with van der Waals surface area (Å²) in [5.74, 6) is 0.582. The van der Waals surface area contributed by atoms with Crippen molar-refractivity contribution in [1.82, 2.24) is 24.6 Å². The van der Waals surface area contributed by atoms with E-state index in [0.29, 0.717) is 28.6 Å². The number of hydrogen-bond donors (Lipinski definition) is 4. The molecule has 5 rings (SSSR count). The highest BCUT2D eigenvalue weighted by Crippen LogP contribution is 2.23. The minimum atomic E-state index is -0.462. The molecule has 4 N–H and O–H groups in total. The summed E-state index contributed by atoms with van der Waals surface area (Å²) in [5, 5.41) is 18.5. The van der Waals surface area contributed by atoms with E-state index >= 15 is 0 Å². The molecule has 0 aromatic carbocycles. The van der Waals surface area contributed by atoms with Crippen molar-refractivity contribution in [1.29, 1.82) is 0 Å². The van der Waals surface area contributed by atoms with E-state index in [4.69, 9.17) is 9.98 Å². The zero-order valence-corrected chi connectivity index (χ0v) is 14.8. The molecule has 0 atom stereocenters. The number of aromatic nitrogens is 5. The lowest BCUT2D eigenvalue weighted by Crippen LogP contribution is -2.23. The first-order valence-electron chi connectivity index (χ1n) is 9.38. The molecule has 27 heavy (non-hydrogen) atoms. The van der Waals surface area contributed by atoms with Crippen LogP contribution in [0.25, 0.3) is 11.7 Å². The smallest absolute Gasteiger partial charge is 0.326 e. The summed E-state index contributed by atoms with van der Waals surface area (Å²) in [6.07, 6.45) is 10.3. The molecule has 2 saturated carbocycles. The van der Waals surface area contributed by atoms with Gasteiger partial charge < -0.3 is 15.4 Å². The van der Waals surface area contributed by atoms with Crippen molar-refractivity contribution in [3.63, 3.8) is 0 Å². The van der Waals surface area contributed by atoms with E-state index in [-0.39, 0.29) is 5.88 Å². The molecule has 0 unspecified atom stereocenters. The molecule has 140 valence electrons. The number of imidazole rings is 1. The van der Waals surface area contributed by atoms with Crippen LogP contribution < -0.4 is 21.7 Å². The van der Waals surface area contributed by atoms with Crippen LogP contribution in [0.2, 0.25) is 0 Å². The molecule has 9 nitrogen and oxygen atoms in total. The second-order valence-corrected chi connectivity index (χ2v) is 7.31. The molecular formula is C18H21N7O2. The molecule has 2 aliphatic rings. The number of anilines is 1. The molecule has 0 bridgehead atoms. The molecular weight excluding hydrogens is 346 g/mol. The number of nitrogens with zero attached hydrogens (tertiary/aromatic N) is 4. The van der Waals surface area contributed by atoms with Gasteiger partial charge in [0.25, 0.3) is 0 Å². The minimum Gasteiger partial charge on any atom is -0.493 e. The van der Waals surface area contributed by atoms with Gasteiger partial charge in [-0.2, -0.15) is 9.61 Å². The summed E-state index contributed by atoms with van der Waals surface area (Å²) in [6, 6.07) is 2.75. The maximum atomic E-state index is 11.4. The van der Waals surface area contributed by atoms with E-state index in [2.05, 4.69) is 20.4 Å². The number of nitrogens with one attached hydrogen (secondary N) is 3. The van der Waals surface area contributed by atoms with Gasteiger partial charge in [0.05, 0.1) is 12.2 Å². The normalized spacial score (nSPS) is 19.4. The fourth-order valence-electron chi connectivity index (χ4n) is 3.55. The third-order valence-electron chi connectivity index (χ3n) is 5.08. The highest BCUT2D eigenvalue weighted by molar-refractivity contribution is 5.58. The quantitative estimate of drug-likeness (QED) is 0.532. The number of rotatable bonds is 4. The monoisotopic (exact) mass is 367 g/mol. The Balaban J connectivity index is 1.66. The first-order valence-corrected chi connectivity index (χ1v) is 9.38. The summed E-state index contributed by atoms with van der Waals surface area (Å²) in [7, 11) is 0. The van der Waals surface area contributed by atoms with Crippen LogP contribution in [0.5, 0.6) is 5.88 Å². The number of aromatic hydroxyl groups is 1. The van der Waals surface area contributed by atoms with Crippen molar-refractivity contribution in [2.75, 3.05) is 5.32 Å². The van der Waals surface area contributed by atoms with E-state index in [9.17, 15) is 9.90 Å². The van der Waals surface area contributed by atoms with Gasteiger partial charge in [-0.15, -0.1) is 0 Å². The lowest BCUT2D eigenvalue weighted by Gasteiger charge is -2.12. The zero-order chi connectivity index (χ0) is 18.4. The number of fused-ring (bicyclic) bond motifs is 1. The Hall–Kier alpha value is -3.10. The van der Waals surface area contributed by atoms with Gasteiger partial charge in [-0.25, -0.2) is 9.78 Å². The Morgan fingerprint density at radius 1 is 1.26 bits per heavy atom. The van der Waals surface area contributed by atoms with E-state index in [1.165, 1.54) is 12.8 Å². The Kier molecular flexibility index (Phi) is 3.73. The van der Waals surface area contributed by atoms with E-state index in [1.54, 1.807) is 16.8 Å². The van der Waals surface area contributed by atoms with Gasteiger partial charge in [0, 0.05) is 17.3 Å². The van der Waals surface area contributed by atoms with Crippen LogP contribution in [-0.2, 0) is 0 Å². The molecule has 3 heterocycles. The molecule has 9 heteroatoms. The Morgan fingerprint density at radius 3 is 2.78 bits per heavy atom. The standard InChI is InChI=1S/C18H21N7O2/c26-17-13(22-18(27)24-17)7-10-9-19-25-15(21-12-5-6-12)8-14(23-16(10)25)20-11-3-1-2-4-11/h7-9,11-12,20,26H,1-6H2,(H2,22,24,27). The van der Waals surface area contributed by atoms with Crippen LogP contribution in [0, 0.1) is 0 Å². The van der Waals surface area contributed by atoms with Gasteiger partial charge in [-0.1, -0.05) is 12.8 Å². The first kappa shape index (κ1) is 16.1. The molecule has 0 spiro atoms. The van der Waals surface area contributed by atoms with E-state index < -0.39 is 5.69 Å². The second-order valence-electron chi connectivity index (χ2n) is 7.31. The van der Waals surface area contributed by atoms with Crippen molar-refractivity contribution in [2.45, 2.75) is 50.6 Å². The van der Waals surface area contributed by atoms with Gasteiger partial charge >= 0.3 is 5.69 Å². The second kappa shape index (κ2) is 6.26. The highest BCUT2D eigenvalue weighted by atomic mass is 16.3. The van der Waals surface area contributed by atoms with Gasteiger partial charge in [0.15, 0.2) is 11.1 Å². The largest absolute Gasteiger partial charge is 0.493 e. The highest BCUT2D eigenvalue weighted by Gasteiger charge is 2.21. The van der Waals surface area contributed by atoms with Crippen molar-refractivity contribution in [3.05, 3.63) is 39.1 Å². The third-order valence-corrected chi connectivity index (χ3v) is 5.08. The predicted octanol–water partition coefficient (Wildman–Crippen LogP) is 0.417. The van der Waals surface area contributed by atoms with Crippen LogP contribution in [0.4, 0.5) is 5.82 Å². The van der Waals surface area contributed by atoms with Gasteiger partial charge in [0.2, 0.25) is 5.88 Å². The van der Waals surface area contributed by atoms with Crippen molar-refractivity contribution < 1.29 is 5.11 Å². The minimum absolute atomic E-state index is 0.206. The van der Waals surface area contributed by atoms with Gasteiger partial charge in [-0.3, -0.25) is 9.98 Å². The number of H-pyrrole nitrogens is 2. The van der Waals surface area contributed by atoms with Gasteiger partial charge in [0.1, 0.15) is 11.5 Å². The molecule has 2 aliphatic carbocycles. The average Bonchev–Trinajstić information content (AvgIpc) is 3.01. The summed E-state index contributed by atoms with van der Waals surface area (Å²) >= 11 is 0. The van der Waals surface area contributed by atoms with Crippen LogP contribution in [0.3, 0.4) is 0 Å².